The number of pyridine rings is 1. The van der Waals surface area contributed by atoms with Crippen molar-refractivity contribution < 1.29 is 5.11 Å². The van der Waals surface area contributed by atoms with Crippen LogP contribution in [0, 0.1) is 6.92 Å². The zero-order valence-electron chi connectivity index (χ0n) is 11.3. The van der Waals surface area contributed by atoms with E-state index in [1.807, 2.05) is 39.0 Å². The summed E-state index contributed by atoms with van der Waals surface area (Å²) in [5, 5.41) is 18.2. The zero-order valence-corrected chi connectivity index (χ0v) is 11.3. The van der Waals surface area contributed by atoms with Crippen LogP contribution in [0.4, 0.5) is 11.5 Å². The van der Waals surface area contributed by atoms with Crippen LogP contribution in [-0.4, -0.2) is 10.1 Å². The smallest absolute Gasteiger partial charge is 0.174 e. The van der Waals surface area contributed by atoms with Gasteiger partial charge >= 0.3 is 0 Å². The lowest BCUT2D eigenvalue weighted by Crippen LogP contribution is -1.89. The van der Waals surface area contributed by atoms with Crippen molar-refractivity contribution in [2.45, 2.75) is 26.7 Å². The molecule has 19 heavy (non-hydrogen) atoms. The maximum Gasteiger partial charge on any atom is 0.174 e. The molecule has 1 aromatic heterocycles. The second-order valence-corrected chi connectivity index (χ2v) is 4.74. The van der Waals surface area contributed by atoms with Crippen molar-refractivity contribution in [1.82, 2.24) is 4.98 Å². The summed E-state index contributed by atoms with van der Waals surface area (Å²) in [5.74, 6) is 1.12. The van der Waals surface area contributed by atoms with E-state index in [-0.39, 0.29) is 5.92 Å². The maximum absolute atomic E-state index is 9.89. The molecule has 0 bridgehead atoms. The molecule has 0 radical (unpaired) electrons. The number of aromatic hydroxyl groups is 1. The minimum absolute atomic E-state index is 0.240. The first-order valence-corrected chi connectivity index (χ1v) is 6.24. The highest BCUT2D eigenvalue weighted by atomic mass is 16.3. The average molecular weight is 255 g/mol. The Morgan fingerprint density at radius 1 is 1.16 bits per heavy atom. The molecule has 0 spiro atoms. The fraction of sp³-hybridized carbons (Fsp3) is 0.267. The highest BCUT2D eigenvalue weighted by molar-refractivity contribution is 5.54. The molecule has 2 rings (SSSR count). The first-order valence-electron chi connectivity index (χ1n) is 6.24. The summed E-state index contributed by atoms with van der Waals surface area (Å²) in [4.78, 5) is 4.09. The number of aryl methyl sites for hydroxylation is 1. The summed E-state index contributed by atoms with van der Waals surface area (Å²) in [5.41, 5.74) is 2.52. The van der Waals surface area contributed by atoms with Gasteiger partial charge in [0.25, 0.3) is 0 Å². The number of phenols is 1. The third-order valence-corrected chi connectivity index (χ3v) is 2.88. The van der Waals surface area contributed by atoms with Gasteiger partial charge in [0.2, 0.25) is 0 Å². The standard InChI is InChI=1S/C15H17N3O/c1-10(2)12-9-13(11(3)8-14(12)19)17-18-15-6-4-5-7-16-15/h4-10,19H,1-3H3. The van der Waals surface area contributed by atoms with Crippen LogP contribution in [-0.2, 0) is 0 Å². The van der Waals surface area contributed by atoms with Crippen molar-refractivity contribution in [3.63, 3.8) is 0 Å². The summed E-state index contributed by atoms with van der Waals surface area (Å²) in [7, 11) is 0. The van der Waals surface area contributed by atoms with Gasteiger partial charge in [-0.15, -0.1) is 10.2 Å². The van der Waals surface area contributed by atoms with E-state index < -0.39 is 0 Å². The van der Waals surface area contributed by atoms with Gasteiger partial charge in [-0.3, -0.25) is 0 Å². The fourth-order valence-electron chi connectivity index (χ4n) is 1.79. The van der Waals surface area contributed by atoms with Crippen LogP contribution < -0.4 is 0 Å². The molecule has 1 N–H and O–H groups in total. The van der Waals surface area contributed by atoms with Crippen molar-refractivity contribution in [3.8, 4) is 5.75 Å². The topological polar surface area (TPSA) is 57.8 Å². The Hall–Kier alpha value is -2.23. The van der Waals surface area contributed by atoms with Crippen LogP contribution in [0.15, 0.2) is 46.8 Å². The first-order chi connectivity index (χ1) is 9.08. The molecule has 0 aliphatic carbocycles. The highest BCUT2D eigenvalue weighted by Gasteiger charge is 2.09. The molecule has 0 saturated carbocycles. The van der Waals surface area contributed by atoms with E-state index in [1.54, 1.807) is 18.3 Å². The van der Waals surface area contributed by atoms with Crippen molar-refractivity contribution in [1.29, 1.82) is 0 Å². The Balaban J connectivity index is 2.35. The van der Waals surface area contributed by atoms with E-state index in [4.69, 9.17) is 0 Å². The lowest BCUT2D eigenvalue weighted by Gasteiger charge is -2.10. The second kappa shape index (κ2) is 5.61. The first kappa shape index (κ1) is 13.2. The van der Waals surface area contributed by atoms with E-state index in [1.165, 1.54) is 0 Å². The Morgan fingerprint density at radius 2 is 1.95 bits per heavy atom. The molecule has 98 valence electrons. The Morgan fingerprint density at radius 3 is 2.58 bits per heavy atom. The molecular weight excluding hydrogens is 238 g/mol. The maximum atomic E-state index is 9.89. The molecule has 0 amide bonds. The summed E-state index contributed by atoms with van der Waals surface area (Å²) in [6.07, 6.45) is 1.68. The van der Waals surface area contributed by atoms with Crippen LogP contribution in [0.2, 0.25) is 0 Å². The van der Waals surface area contributed by atoms with Crippen LogP contribution >= 0.6 is 0 Å². The second-order valence-electron chi connectivity index (χ2n) is 4.74. The van der Waals surface area contributed by atoms with Crippen LogP contribution in [0.5, 0.6) is 5.75 Å². The Labute approximate surface area is 112 Å². The number of rotatable bonds is 3. The van der Waals surface area contributed by atoms with E-state index in [2.05, 4.69) is 15.2 Å². The van der Waals surface area contributed by atoms with Gasteiger partial charge in [0.15, 0.2) is 5.82 Å². The average Bonchev–Trinajstić information content (AvgIpc) is 2.38. The number of benzene rings is 1. The van der Waals surface area contributed by atoms with Crippen molar-refractivity contribution in [2.24, 2.45) is 10.2 Å². The minimum Gasteiger partial charge on any atom is -0.508 e. The lowest BCUT2D eigenvalue weighted by atomic mass is 9.99. The molecule has 0 unspecified atom stereocenters. The Bertz CT molecular complexity index is 592. The van der Waals surface area contributed by atoms with Gasteiger partial charge < -0.3 is 5.11 Å². The molecule has 4 heteroatoms. The normalized spacial score (nSPS) is 11.4. The largest absolute Gasteiger partial charge is 0.508 e. The van der Waals surface area contributed by atoms with Gasteiger partial charge in [0.1, 0.15) is 5.75 Å². The van der Waals surface area contributed by atoms with E-state index in [0.717, 1.165) is 16.8 Å². The van der Waals surface area contributed by atoms with E-state index in [0.29, 0.717) is 11.6 Å². The molecule has 0 aliphatic rings. The molecule has 1 aromatic carbocycles. The molecule has 2 aromatic rings. The van der Waals surface area contributed by atoms with E-state index in [9.17, 15) is 5.11 Å². The third kappa shape index (κ3) is 3.16. The number of phenolic OH excluding ortho intramolecular Hbond substituents is 1. The predicted octanol–water partition coefficient (Wildman–Crippen LogP) is 4.63. The summed E-state index contributed by atoms with van der Waals surface area (Å²) >= 11 is 0. The highest BCUT2D eigenvalue weighted by Crippen LogP contribution is 2.33. The molecule has 0 saturated heterocycles. The van der Waals surface area contributed by atoms with Gasteiger partial charge in [-0.25, -0.2) is 4.98 Å². The summed E-state index contributed by atoms with van der Waals surface area (Å²) < 4.78 is 0. The number of hydrogen-bond donors (Lipinski definition) is 1. The Kier molecular flexibility index (Phi) is 3.90. The van der Waals surface area contributed by atoms with Crippen LogP contribution in [0.1, 0.15) is 30.9 Å². The monoisotopic (exact) mass is 255 g/mol. The van der Waals surface area contributed by atoms with Gasteiger partial charge in [-0.05, 0) is 48.2 Å². The van der Waals surface area contributed by atoms with Crippen molar-refractivity contribution in [3.05, 3.63) is 47.7 Å². The predicted molar refractivity (Wildman–Crippen MR) is 75.3 cm³/mol. The van der Waals surface area contributed by atoms with Gasteiger partial charge in [-0.2, -0.15) is 0 Å². The van der Waals surface area contributed by atoms with Crippen molar-refractivity contribution >= 4 is 11.5 Å². The molecule has 0 fully saturated rings. The van der Waals surface area contributed by atoms with Gasteiger partial charge in [0.05, 0.1) is 5.69 Å². The number of hydrogen-bond acceptors (Lipinski definition) is 4. The lowest BCUT2D eigenvalue weighted by molar-refractivity contribution is 0.464. The SMILES string of the molecule is Cc1cc(O)c(C(C)C)cc1N=Nc1ccccn1. The number of nitrogens with zero attached hydrogens (tertiary/aromatic N) is 3. The fourth-order valence-corrected chi connectivity index (χ4v) is 1.79. The van der Waals surface area contributed by atoms with Crippen LogP contribution in [0.25, 0.3) is 0 Å². The van der Waals surface area contributed by atoms with Crippen molar-refractivity contribution in [2.75, 3.05) is 0 Å². The van der Waals surface area contributed by atoms with Crippen LogP contribution in [0.3, 0.4) is 0 Å². The minimum atomic E-state index is 0.240. The summed E-state index contributed by atoms with van der Waals surface area (Å²) in [6, 6.07) is 9.10. The molecule has 4 nitrogen and oxygen atoms in total. The number of aromatic nitrogens is 1. The molecular formula is C15H17N3O. The van der Waals surface area contributed by atoms with Gasteiger partial charge in [0, 0.05) is 6.20 Å². The molecule has 0 aliphatic heterocycles. The number of azo groups is 1. The third-order valence-electron chi connectivity index (χ3n) is 2.88. The quantitative estimate of drug-likeness (QED) is 0.812. The molecule has 1 heterocycles. The van der Waals surface area contributed by atoms with E-state index >= 15 is 0 Å². The summed E-state index contributed by atoms with van der Waals surface area (Å²) in [6.45, 7) is 5.96. The zero-order chi connectivity index (χ0) is 13.8. The van der Waals surface area contributed by atoms with Gasteiger partial charge in [-0.1, -0.05) is 19.9 Å². The molecule has 0 atom stereocenters.